The molecule has 3 aromatic rings. The molecule has 2 aliphatic heterocycles. The van der Waals surface area contributed by atoms with E-state index in [-0.39, 0.29) is 12.3 Å². The first-order valence-corrected chi connectivity index (χ1v) is 9.95. The molecule has 4 heteroatoms. The largest absolute Gasteiger partial charge is 0.464 e. The SMILES string of the molecule is CCc1ccc(C2Oc3ccccc3C3CC(c4cccs4)=NN32)cc1. The number of thiophene rings is 1. The van der Waals surface area contributed by atoms with Gasteiger partial charge in [-0.2, -0.15) is 5.10 Å². The molecule has 2 aliphatic rings. The predicted molar refractivity (Wildman–Crippen MR) is 106 cm³/mol. The molecule has 0 saturated carbocycles. The van der Waals surface area contributed by atoms with Crippen molar-refractivity contribution in [2.24, 2.45) is 5.10 Å². The molecule has 0 fully saturated rings. The second kappa shape index (κ2) is 6.29. The van der Waals surface area contributed by atoms with Crippen LogP contribution in [-0.2, 0) is 6.42 Å². The summed E-state index contributed by atoms with van der Waals surface area (Å²) < 4.78 is 6.39. The number of nitrogens with zero attached hydrogens (tertiary/aromatic N) is 2. The van der Waals surface area contributed by atoms with Crippen molar-refractivity contribution in [3.05, 3.63) is 87.6 Å². The fourth-order valence-corrected chi connectivity index (χ4v) is 4.48. The highest BCUT2D eigenvalue weighted by atomic mass is 32.1. The summed E-state index contributed by atoms with van der Waals surface area (Å²) in [6.45, 7) is 2.18. The second-order valence-corrected chi connectivity index (χ2v) is 7.67. The number of hydrazone groups is 1. The van der Waals surface area contributed by atoms with Gasteiger partial charge in [-0.05, 0) is 29.5 Å². The standard InChI is InChI=1S/C22H20N2OS/c1-2-15-9-11-16(12-10-15)22-24-19(17-6-3-4-7-20(17)25-22)14-18(23-24)21-8-5-13-26-21/h3-13,19,22H,2,14H2,1H3. The summed E-state index contributed by atoms with van der Waals surface area (Å²) in [5, 5.41) is 9.25. The minimum atomic E-state index is -0.182. The quantitative estimate of drug-likeness (QED) is 0.611. The predicted octanol–water partition coefficient (Wildman–Crippen LogP) is 5.55. The molecule has 2 atom stereocenters. The zero-order chi connectivity index (χ0) is 17.5. The molecule has 26 heavy (non-hydrogen) atoms. The highest BCUT2D eigenvalue weighted by Gasteiger charge is 2.40. The van der Waals surface area contributed by atoms with Gasteiger partial charge in [-0.1, -0.05) is 55.5 Å². The van der Waals surface area contributed by atoms with Gasteiger partial charge in [-0.3, -0.25) is 0 Å². The molecule has 1 aromatic heterocycles. The van der Waals surface area contributed by atoms with Crippen molar-refractivity contribution < 1.29 is 4.74 Å². The maximum atomic E-state index is 6.39. The van der Waals surface area contributed by atoms with Crippen LogP contribution in [0.1, 0.15) is 47.2 Å². The van der Waals surface area contributed by atoms with E-state index >= 15 is 0 Å². The molecule has 0 saturated heterocycles. The third-order valence-corrected chi connectivity index (χ3v) is 6.10. The van der Waals surface area contributed by atoms with Gasteiger partial charge in [0, 0.05) is 17.5 Å². The highest BCUT2D eigenvalue weighted by molar-refractivity contribution is 7.12. The summed E-state index contributed by atoms with van der Waals surface area (Å²) in [7, 11) is 0. The third kappa shape index (κ3) is 2.53. The minimum absolute atomic E-state index is 0.182. The number of hydrogen-bond acceptors (Lipinski definition) is 4. The Hall–Kier alpha value is -2.59. The molecular weight excluding hydrogens is 340 g/mol. The zero-order valence-electron chi connectivity index (χ0n) is 14.6. The first kappa shape index (κ1) is 15.6. The monoisotopic (exact) mass is 360 g/mol. The fraction of sp³-hybridized carbons (Fsp3) is 0.227. The lowest BCUT2D eigenvalue weighted by molar-refractivity contribution is -0.0190. The summed E-state index contributed by atoms with van der Waals surface area (Å²) in [6, 6.07) is 21.6. The average Bonchev–Trinajstić information content (AvgIpc) is 3.37. The van der Waals surface area contributed by atoms with Crippen molar-refractivity contribution in [1.82, 2.24) is 5.01 Å². The molecule has 0 N–H and O–H groups in total. The van der Waals surface area contributed by atoms with E-state index in [0.717, 1.165) is 29.9 Å². The number of ether oxygens (including phenoxy) is 1. The van der Waals surface area contributed by atoms with E-state index in [1.807, 2.05) is 6.07 Å². The molecule has 0 amide bonds. The average molecular weight is 360 g/mol. The Kier molecular flexibility index (Phi) is 3.79. The van der Waals surface area contributed by atoms with E-state index in [4.69, 9.17) is 9.84 Å². The van der Waals surface area contributed by atoms with Crippen molar-refractivity contribution in [1.29, 1.82) is 0 Å². The molecule has 130 valence electrons. The van der Waals surface area contributed by atoms with Crippen LogP contribution in [-0.4, -0.2) is 10.7 Å². The van der Waals surface area contributed by atoms with Gasteiger partial charge in [0.05, 0.1) is 16.6 Å². The Labute approximate surface area is 157 Å². The molecule has 0 bridgehead atoms. The first-order valence-electron chi connectivity index (χ1n) is 9.07. The van der Waals surface area contributed by atoms with Crippen LogP contribution in [0.15, 0.2) is 71.1 Å². The van der Waals surface area contributed by atoms with Gasteiger partial charge in [0.1, 0.15) is 5.75 Å². The third-order valence-electron chi connectivity index (χ3n) is 5.18. The molecule has 5 rings (SSSR count). The van der Waals surface area contributed by atoms with Crippen LogP contribution >= 0.6 is 11.3 Å². The van der Waals surface area contributed by atoms with Crippen molar-refractivity contribution in [2.75, 3.05) is 0 Å². The normalized spacial score (nSPS) is 21.0. The van der Waals surface area contributed by atoms with Crippen molar-refractivity contribution >= 4 is 17.0 Å². The summed E-state index contributed by atoms with van der Waals surface area (Å²) in [6.07, 6.45) is 1.78. The Morgan fingerprint density at radius 1 is 1.08 bits per heavy atom. The van der Waals surface area contributed by atoms with Gasteiger partial charge < -0.3 is 4.74 Å². The molecule has 0 radical (unpaired) electrons. The number of fused-ring (bicyclic) bond motifs is 3. The molecule has 0 aliphatic carbocycles. The molecular formula is C22H20N2OS. The van der Waals surface area contributed by atoms with Crippen molar-refractivity contribution in [3.63, 3.8) is 0 Å². The molecule has 0 spiro atoms. The molecule has 2 unspecified atom stereocenters. The maximum Gasteiger partial charge on any atom is 0.213 e. The summed E-state index contributed by atoms with van der Waals surface area (Å²) >= 11 is 1.75. The van der Waals surface area contributed by atoms with Crippen LogP contribution in [0.25, 0.3) is 0 Å². The smallest absolute Gasteiger partial charge is 0.213 e. The summed E-state index contributed by atoms with van der Waals surface area (Å²) in [4.78, 5) is 1.25. The van der Waals surface area contributed by atoms with Gasteiger partial charge in [0.15, 0.2) is 0 Å². The van der Waals surface area contributed by atoms with E-state index in [1.54, 1.807) is 11.3 Å². The second-order valence-electron chi connectivity index (χ2n) is 6.73. The van der Waals surface area contributed by atoms with Gasteiger partial charge in [-0.25, -0.2) is 5.01 Å². The van der Waals surface area contributed by atoms with Crippen LogP contribution in [0.4, 0.5) is 0 Å². The van der Waals surface area contributed by atoms with Crippen LogP contribution in [0.5, 0.6) is 5.75 Å². The van der Waals surface area contributed by atoms with E-state index in [2.05, 4.69) is 71.9 Å². The van der Waals surface area contributed by atoms with Gasteiger partial charge in [0.25, 0.3) is 0 Å². The molecule has 3 heterocycles. The lowest BCUT2D eigenvalue weighted by Gasteiger charge is -2.38. The Morgan fingerprint density at radius 3 is 2.69 bits per heavy atom. The van der Waals surface area contributed by atoms with Gasteiger partial charge >= 0.3 is 0 Å². The zero-order valence-corrected chi connectivity index (χ0v) is 15.4. The number of rotatable bonds is 3. The van der Waals surface area contributed by atoms with Gasteiger partial charge in [0.2, 0.25) is 6.23 Å². The van der Waals surface area contributed by atoms with Gasteiger partial charge in [-0.15, -0.1) is 11.3 Å². The van der Waals surface area contributed by atoms with E-state index in [1.165, 1.54) is 16.0 Å². The highest BCUT2D eigenvalue weighted by Crippen LogP contribution is 2.47. The Balaban J connectivity index is 1.58. The molecule has 3 nitrogen and oxygen atoms in total. The van der Waals surface area contributed by atoms with Crippen LogP contribution in [0.2, 0.25) is 0 Å². The number of benzene rings is 2. The van der Waals surface area contributed by atoms with Crippen molar-refractivity contribution in [2.45, 2.75) is 32.0 Å². The topological polar surface area (TPSA) is 24.8 Å². The number of para-hydroxylation sites is 1. The lowest BCUT2D eigenvalue weighted by Crippen LogP contribution is -2.33. The van der Waals surface area contributed by atoms with E-state index < -0.39 is 0 Å². The van der Waals surface area contributed by atoms with Crippen molar-refractivity contribution in [3.8, 4) is 5.75 Å². The number of hydrogen-bond donors (Lipinski definition) is 0. The summed E-state index contributed by atoms with van der Waals surface area (Å²) in [5.74, 6) is 0.973. The van der Waals surface area contributed by atoms with Crippen LogP contribution < -0.4 is 4.74 Å². The fourth-order valence-electron chi connectivity index (χ4n) is 3.76. The Morgan fingerprint density at radius 2 is 1.92 bits per heavy atom. The minimum Gasteiger partial charge on any atom is -0.464 e. The van der Waals surface area contributed by atoms with E-state index in [9.17, 15) is 0 Å². The Bertz CT molecular complexity index is 947. The van der Waals surface area contributed by atoms with Crippen LogP contribution in [0.3, 0.4) is 0 Å². The maximum absolute atomic E-state index is 6.39. The summed E-state index contributed by atoms with van der Waals surface area (Å²) in [5.41, 5.74) is 4.87. The van der Waals surface area contributed by atoms with Crippen LogP contribution in [0, 0.1) is 0 Å². The van der Waals surface area contributed by atoms with E-state index in [0.29, 0.717) is 0 Å². The molecule has 2 aromatic carbocycles. The number of aryl methyl sites for hydroxylation is 1. The lowest BCUT2D eigenvalue weighted by atomic mass is 9.97. The first-order chi connectivity index (χ1) is 12.8.